The summed E-state index contributed by atoms with van der Waals surface area (Å²) in [5.41, 5.74) is 1.86. The van der Waals surface area contributed by atoms with Crippen LogP contribution in [0.5, 0.6) is 0 Å². The fourth-order valence-electron chi connectivity index (χ4n) is 4.28. The van der Waals surface area contributed by atoms with Gasteiger partial charge in [-0.25, -0.2) is 9.49 Å². The molecule has 1 aliphatic rings. The maximum Gasteiger partial charge on any atom is 0.272 e. The Morgan fingerprint density at radius 1 is 0.857 bits per heavy atom. The molecule has 3 heterocycles. The molecule has 1 saturated heterocycles. The van der Waals surface area contributed by atoms with Crippen molar-refractivity contribution in [3.05, 3.63) is 106 Å². The smallest absolute Gasteiger partial charge is 0.272 e. The minimum absolute atomic E-state index is 0.147. The summed E-state index contributed by atoms with van der Waals surface area (Å²) in [5, 5.41) is 8.00. The molecule has 1 aliphatic heterocycles. The zero-order valence-electron chi connectivity index (χ0n) is 18.8. The number of aromatic nitrogens is 3. The number of hydrogen-bond acceptors (Lipinski definition) is 5. The summed E-state index contributed by atoms with van der Waals surface area (Å²) in [4.78, 5) is 45.5. The number of piperazine rings is 1. The van der Waals surface area contributed by atoms with Gasteiger partial charge in [-0.1, -0.05) is 24.3 Å². The molecular formula is C26H22FN5O3. The van der Waals surface area contributed by atoms with Gasteiger partial charge >= 0.3 is 0 Å². The van der Waals surface area contributed by atoms with Crippen molar-refractivity contribution in [2.75, 3.05) is 26.2 Å². The number of aromatic amines is 1. The molecule has 0 aliphatic carbocycles. The minimum Gasteiger partial charge on any atom is -0.335 e. The molecular weight excluding hydrogens is 449 g/mol. The summed E-state index contributed by atoms with van der Waals surface area (Å²) < 4.78 is 13.5. The van der Waals surface area contributed by atoms with Gasteiger partial charge in [0.25, 0.3) is 17.4 Å². The highest BCUT2D eigenvalue weighted by Crippen LogP contribution is 2.17. The molecule has 9 heteroatoms. The van der Waals surface area contributed by atoms with Crippen molar-refractivity contribution >= 4 is 22.6 Å². The number of benzene rings is 2. The van der Waals surface area contributed by atoms with Crippen LogP contribution in [0, 0.1) is 5.82 Å². The monoisotopic (exact) mass is 471 g/mol. The van der Waals surface area contributed by atoms with Crippen molar-refractivity contribution in [2.24, 2.45) is 0 Å². The van der Waals surface area contributed by atoms with E-state index in [0.29, 0.717) is 60.5 Å². The van der Waals surface area contributed by atoms with E-state index in [-0.39, 0.29) is 17.4 Å². The SMILES string of the molecule is O=C(c1cccc(F)c1)N1CCN(C(=O)c2ccnc(Cc3n[nH]c(=O)c4ccccc34)c2)CC1. The van der Waals surface area contributed by atoms with E-state index in [9.17, 15) is 18.8 Å². The third-order valence-electron chi connectivity index (χ3n) is 6.11. The molecule has 4 aromatic rings. The second-order valence-corrected chi connectivity index (χ2v) is 8.35. The van der Waals surface area contributed by atoms with Crippen LogP contribution in [0.4, 0.5) is 4.39 Å². The van der Waals surface area contributed by atoms with Crippen LogP contribution in [-0.2, 0) is 6.42 Å². The van der Waals surface area contributed by atoms with E-state index in [0.717, 1.165) is 5.39 Å². The van der Waals surface area contributed by atoms with E-state index < -0.39 is 5.82 Å². The molecule has 2 aromatic heterocycles. The highest BCUT2D eigenvalue weighted by atomic mass is 19.1. The van der Waals surface area contributed by atoms with E-state index in [4.69, 9.17) is 0 Å². The lowest BCUT2D eigenvalue weighted by Crippen LogP contribution is -2.50. The molecule has 0 saturated carbocycles. The van der Waals surface area contributed by atoms with Crippen molar-refractivity contribution in [1.82, 2.24) is 25.0 Å². The van der Waals surface area contributed by atoms with E-state index in [1.165, 1.54) is 18.2 Å². The largest absolute Gasteiger partial charge is 0.335 e. The normalized spacial score (nSPS) is 13.7. The van der Waals surface area contributed by atoms with Crippen LogP contribution >= 0.6 is 0 Å². The molecule has 0 spiro atoms. The minimum atomic E-state index is -0.455. The van der Waals surface area contributed by atoms with Crippen LogP contribution in [-0.4, -0.2) is 63.0 Å². The summed E-state index contributed by atoms with van der Waals surface area (Å²) in [7, 11) is 0. The Kier molecular flexibility index (Phi) is 6.05. The first-order chi connectivity index (χ1) is 17.0. The van der Waals surface area contributed by atoms with Crippen LogP contribution in [0.2, 0.25) is 0 Å². The molecule has 1 N–H and O–H groups in total. The number of hydrogen-bond donors (Lipinski definition) is 1. The van der Waals surface area contributed by atoms with Gasteiger partial charge in [0, 0.05) is 61.0 Å². The Morgan fingerprint density at radius 3 is 2.20 bits per heavy atom. The van der Waals surface area contributed by atoms with E-state index in [2.05, 4.69) is 15.2 Å². The summed E-state index contributed by atoms with van der Waals surface area (Å²) >= 11 is 0. The second kappa shape index (κ2) is 9.46. The van der Waals surface area contributed by atoms with Gasteiger partial charge in [0.05, 0.1) is 11.1 Å². The first-order valence-electron chi connectivity index (χ1n) is 11.2. The zero-order chi connectivity index (χ0) is 24.4. The average molecular weight is 471 g/mol. The van der Waals surface area contributed by atoms with Gasteiger partial charge in [0.15, 0.2) is 0 Å². The number of nitrogens with one attached hydrogen (secondary N) is 1. The van der Waals surface area contributed by atoms with E-state index in [1.807, 2.05) is 12.1 Å². The topological polar surface area (TPSA) is 99.3 Å². The number of halogens is 1. The van der Waals surface area contributed by atoms with Gasteiger partial charge in [-0.2, -0.15) is 5.10 Å². The molecule has 0 radical (unpaired) electrons. The van der Waals surface area contributed by atoms with Gasteiger partial charge in [0.2, 0.25) is 0 Å². The molecule has 8 nitrogen and oxygen atoms in total. The molecule has 35 heavy (non-hydrogen) atoms. The lowest BCUT2D eigenvalue weighted by atomic mass is 10.1. The number of carbonyl (C=O) groups excluding carboxylic acids is 2. The number of nitrogens with zero attached hydrogens (tertiary/aromatic N) is 4. The second-order valence-electron chi connectivity index (χ2n) is 8.35. The molecule has 0 bridgehead atoms. The molecule has 0 unspecified atom stereocenters. The first-order valence-corrected chi connectivity index (χ1v) is 11.2. The highest BCUT2D eigenvalue weighted by molar-refractivity contribution is 5.96. The van der Waals surface area contributed by atoms with Crippen molar-refractivity contribution in [3.8, 4) is 0 Å². The zero-order valence-corrected chi connectivity index (χ0v) is 18.8. The van der Waals surface area contributed by atoms with Crippen LogP contribution in [0.25, 0.3) is 10.8 Å². The first kappa shape index (κ1) is 22.4. The Hall–Kier alpha value is -4.40. The van der Waals surface area contributed by atoms with Crippen LogP contribution < -0.4 is 5.56 Å². The average Bonchev–Trinajstić information content (AvgIpc) is 2.90. The van der Waals surface area contributed by atoms with Crippen LogP contribution in [0.1, 0.15) is 32.1 Å². The van der Waals surface area contributed by atoms with E-state index >= 15 is 0 Å². The van der Waals surface area contributed by atoms with Crippen molar-refractivity contribution < 1.29 is 14.0 Å². The Balaban J connectivity index is 1.27. The predicted octanol–water partition coefficient (Wildman–Crippen LogP) is 2.65. The van der Waals surface area contributed by atoms with Gasteiger partial charge in [-0.15, -0.1) is 0 Å². The summed E-state index contributed by atoms with van der Waals surface area (Å²) in [5.74, 6) is -0.850. The van der Waals surface area contributed by atoms with Crippen molar-refractivity contribution in [2.45, 2.75) is 6.42 Å². The molecule has 2 aromatic carbocycles. The fraction of sp³-hybridized carbons (Fsp3) is 0.192. The highest BCUT2D eigenvalue weighted by Gasteiger charge is 2.26. The van der Waals surface area contributed by atoms with Gasteiger partial charge in [-0.3, -0.25) is 19.4 Å². The summed E-state index contributed by atoms with van der Waals surface area (Å²) in [6.07, 6.45) is 1.94. The molecule has 176 valence electrons. The van der Waals surface area contributed by atoms with Gasteiger partial charge in [-0.05, 0) is 36.4 Å². The number of rotatable bonds is 4. The Morgan fingerprint density at radius 2 is 1.51 bits per heavy atom. The number of amides is 2. The van der Waals surface area contributed by atoms with Crippen molar-refractivity contribution in [1.29, 1.82) is 0 Å². The molecule has 5 rings (SSSR count). The third kappa shape index (κ3) is 4.65. The van der Waals surface area contributed by atoms with Gasteiger partial charge in [0.1, 0.15) is 5.82 Å². The Labute approximate surface area is 200 Å². The molecule has 1 fully saturated rings. The fourth-order valence-corrected chi connectivity index (χ4v) is 4.28. The lowest BCUT2D eigenvalue weighted by molar-refractivity contribution is 0.0535. The van der Waals surface area contributed by atoms with Crippen molar-refractivity contribution in [3.63, 3.8) is 0 Å². The predicted molar refractivity (Wildman–Crippen MR) is 128 cm³/mol. The summed E-state index contributed by atoms with van der Waals surface area (Å²) in [6, 6.07) is 16.2. The Bertz CT molecular complexity index is 1480. The quantitative estimate of drug-likeness (QED) is 0.493. The molecule has 0 atom stereocenters. The number of carbonyl (C=O) groups is 2. The van der Waals surface area contributed by atoms with Crippen LogP contribution in [0.3, 0.4) is 0 Å². The molecule has 2 amide bonds. The lowest BCUT2D eigenvalue weighted by Gasteiger charge is -2.35. The number of H-pyrrole nitrogens is 1. The van der Waals surface area contributed by atoms with Crippen LogP contribution in [0.15, 0.2) is 71.7 Å². The number of fused-ring (bicyclic) bond motifs is 1. The standard InChI is InChI=1S/C26H22FN5O3/c27-19-5-3-4-17(14-19)25(34)31-10-12-32(13-11-31)26(35)18-8-9-28-20(15-18)16-23-21-6-1-2-7-22(21)24(33)30-29-23/h1-9,14-15H,10-13,16H2,(H,30,33). The van der Waals surface area contributed by atoms with Gasteiger partial charge < -0.3 is 9.80 Å². The maximum absolute atomic E-state index is 13.5. The third-order valence-corrected chi connectivity index (χ3v) is 6.11. The summed E-state index contributed by atoms with van der Waals surface area (Å²) in [6.45, 7) is 1.49. The number of pyridine rings is 1. The van der Waals surface area contributed by atoms with E-state index in [1.54, 1.807) is 46.3 Å². The maximum atomic E-state index is 13.5.